The number of unbranched alkanes of at least 4 members (excludes halogenated alkanes) is 1. The zero-order valence-electron chi connectivity index (χ0n) is 34.0. The Kier molecular flexibility index (Phi) is 18.9. The van der Waals surface area contributed by atoms with Crippen LogP contribution in [0.25, 0.3) is 0 Å². The van der Waals surface area contributed by atoms with Crippen LogP contribution in [0.5, 0.6) is 0 Å². The molecule has 0 amide bonds. The summed E-state index contributed by atoms with van der Waals surface area (Å²) in [6.07, 6.45) is 15.5. The van der Waals surface area contributed by atoms with Crippen LogP contribution < -0.4 is 0 Å². The Labute approximate surface area is 300 Å². The van der Waals surface area contributed by atoms with E-state index in [1.54, 1.807) is 14.0 Å². The number of esters is 3. The first-order valence-corrected chi connectivity index (χ1v) is 19.6. The molecule has 3 rings (SSSR count). The van der Waals surface area contributed by atoms with Gasteiger partial charge < -0.3 is 23.7 Å². The van der Waals surface area contributed by atoms with E-state index in [9.17, 15) is 14.4 Å². The van der Waals surface area contributed by atoms with Crippen LogP contribution in [0, 0.1) is 28.1 Å². The van der Waals surface area contributed by atoms with Gasteiger partial charge in [0.25, 0.3) is 0 Å². The number of hydrogen-bond acceptors (Lipinski definition) is 8. The average molecular weight is 697 g/mol. The molecule has 3 fully saturated rings. The molecule has 3 saturated carbocycles. The molecule has 0 spiro atoms. The van der Waals surface area contributed by atoms with Gasteiger partial charge in [-0.05, 0) is 164 Å². The van der Waals surface area contributed by atoms with Gasteiger partial charge in [-0.1, -0.05) is 27.7 Å². The van der Waals surface area contributed by atoms with Gasteiger partial charge in [0.1, 0.15) is 11.2 Å². The summed E-state index contributed by atoms with van der Waals surface area (Å²) in [6.45, 7) is 24.9. The van der Waals surface area contributed by atoms with Crippen molar-refractivity contribution in [2.75, 3.05) is 20.3 Å². The standard InChI is InChI=1S/C16H30O3.C15H26O2.C10H20O3/c1-5-15(2,3)14(17)19-16(10-6-7-11-16)12-8-9-13-18-4;1-5-14(3,4)13(16)17-15(6-2)10-11-7-8-12(15)9-11;1-6-10(4,5)9(11)13-8(3)12-7-2/h5-13H2,1-4H3;11-12H,5-10H2,1-4H3;8H,6-7H2,1-5H3. The molecular formula is C41H76O8. The lowest BCUT2D eigenvalue weighted by Gasteiger charge is -2.38. The van der Waals surface area contributed by atoms with Gasteiger partial charge in [-0.3, -0.25) is 14.4 Å². The van der Waals surface area contributed by atoms with E-state index in [0.29, 0.717) is 12.5 Å². The molecule has 0 N–H and O–H groups in total. The third kappa shape index (κ3) is 13.8. The molecule has 0 aromatic rings. The molecule has 0 aromatic heterocycles. The minimum absolute atomic E-state index is 0.00870. The van der Waals surface area contributed by atoms with Crippen molar-refractivity contribution in [2.24, 2.45) is 28.1 Å². The molecule has 8 nitrogen and oxygen atoms in total. The van der Waals surface area contributed by atoms with Crippen molar-refractivity contribution in [3.8, 4) is 0 Å². The second-order valence-electron chi connectivity index (χ2n) is 16.8. The molecule has 0 heterocycles. The van der Waals surface area contributed by atoms with Crippen LogP contribution in [-0.2, 0) is 38.1 Å². The lowest BCUT2D eigenvalue weighted by atomic mass is 9.81. The van der Waals surface area contributed by atoms with Gasteiger partial charge in [0.05, 0.1) is 16.2 Å². The fraction of sp³-hybridized carbons (Fsp3) is 0.927. The fourth-order valence-electron chi connectivity index (χ4n) is 6.81. The fourth-order valence-corrected chi connectivity index (χ4v) is 6.81. The highest BCUT2D eigenvalue weighted by atomic mass is 16.7. The monoisotopic (exact) mass is 697 g/mol. The third-order valence-electron chi connectivity index (χ3n) is 11.9. The zero-order valence-corrected chi connectivity index (χ0v) is 34.0. The minimum Gasteiger partial charge on any atom is -0.459 e. The average Bonchev–Trinajstić information content (AvgIpc) is 3.81. The molecule has 0 aliphatic heterocycles. The van der Waals surface area contributed by atoms with Gasteiger partial charge in [0.2, 0.25) is 0 Å². The Morgan fingerprint density at radius 1 is 0.755 bits per heavy atom. The van der Waals surface area contributed by atoms with E-state index in [0.717, 1.165) is 76.7 Å². The molecule has 0 radical (unpaired) electrons. The maximum absolute atomic E-state index is 12.3. The lowest BCUT2D eigenvalue weighted by Crippen LogP contribution is -2.43. The molecule has 3 aliphatic carbocycles. The zero-order chi connectivity index (χ0) is 37.5. The summed E-state index contributed by atoms with van der Waals surface area (Å²) in [7, 11) is 1.73. The molecule has 2 bridgehead atoms. The molecule has 4 atom stereocenters. The first kappa shape index (κ1) is 45.4. The van der Waals surface area contributed by atoms with Crippen molar-refractivity contribution in [3.05, 3.63) is 0 Å². The summed E-state index contributed by atoms with van der Waals surface area (Å²) >= 11 is 0. The van der Waals surface area contributed by atoms with Crippen molar-refractivity contribution < 1.29 is 38.1 Å². The summed E-state index contributed by atoms with van der Waals surface area (Å²) < 4.78 is 27.2. The lowest BCUT2D eigenvalue weighted by molar-refractivity contribution is -0.184. The Morgan fingerprint density at radius 3 is 1.71 bits per heavy atom. The summed E-state index contributed by atoms with van der Waals surface area (Å²) in [4.78, 5) is 36.0. The van der Waals surface area contributed by atoms with Crippen LogP contribution in [0.2, 0.25) is 0 Å². The van der Waals surface area contributed by atoms with E-state index in [1.165, 1.54) is 32.1 Å². The number of hydrogen-bond donors (Lipinski definition) is 0. The van der Waals surface area contributed by atoms with Crippen LogP contribution in [0.3, 0.4) is 0 Å². The molecule has 288 valence electrons. The molecule has 3 aliphatic rings. The van der Waals surface area contributed by atoms with Gasteiger partial charge in [-0.2, -0.15) is 0 Å². The van der Waals surface area contributed by atoms with E-state index >= 15 is 0 Å². The maximum atomic E-state index is 12.3. The number of rotatable bonds is 17. The highest BCUT2D eigenvalue weighted by Crippen LogP contribution is 2.54. The highest BCUT2D eigenvalue weighted by Gasteiger charge is 2.53. The van der Waals surface area contributed by atoms with Gasteiger partial charge >= 0.3 is 17.9 Å². The third-order valence-corrected chi connectivity index (χ3v) is 11.9. The summed E-state index contributed by atoms with van der Waals surface area (Å²) in [5, 5.41) is 0. The Balaban J connectivity index is 0.000000375. The SMILES string of the molecule is CCC(C)(C)C(=O)OC1(CC)CC2CCC1C2.CCC(C)(C)C(=O)OC1(CCCCOC)CCCC1.CCOC(C)OC(=O)C(C)(C)CC. The summed E-state index contributed by atoms with van der Waals surface area (Å²) in [6, 6.07) is 0. The van der Waals surface area contributed by atoms with Gasteiger partial charge in [-0.15, -0.1) is 0 Å². The van der Waals surface area contributed by atoms with Crippen LogP contribution in [0.4, 0.5) is 0 Å². The first-order chi connectivity index (χ1) is 22.8. The largest absolute Gasteiger partial charge is 0.459 e. The van der Waals surface area contributed by atoms with Crippen LogP contribution in [-0.4, -0.2) is 55.7 Å². The predicted molar refractivity (Wildman–Crippen MR) is 197 cm³/mol. The number of carbonyl (C=O) groups is 3. The van der Waals surface area contributed by atoms with Gasteiger partial charge in [0, 0.05) is 20.3 Å². The van der Waals surface area contributed by atoms with Crippen molar-refractivity contribution >= 4 is 17.9 Å². The molecule has 4 unspecified atom stereocenters. The van der Waals surface area contributed by atoms with Crippen LogP contribution >= 0.6 is 0 Å². The number of carbonyl (C=O) groups excluding carboxylic acids is 3. The topological polar surface area (TPSA) is 97.4 Å². The van der Waals surface area contributed by atoms with Crippen LogP contribution in [0.1, 0.15) is 179 Å². The van der Waals surface area contributed by atoms with Gasteiger partial charge in [-0.25, -0.2) is 0 Å². The smallest absolute Gasteiger partial charge is 0.313 e. The number of ether oxygens (including phenoxy) is 5. The minimum atomic E-state index is -0.441. The Bertz CT molecular complexity index is 995. The first-order valence-electron chi connectivity index (χ1n) is 19.6. The van der Waals surface area contributed by atoms with E-state index in [1.807, 2.05) is 62.3 Å². The summed E-state index contributed by atoms with van der Waals surface area (Å²) in [5.41, 5.74) is -1.40. The van der Waals surface area contributed by atoms with E-state index in [2.05, 4.69) is 13.8 Å². The second kappa shape index (κ2) is 20.4. The van der Waals surface area contributed by atoms with Crippen molar-refractivity contribution in [1.29, 1.82) is 0 Å². The predicted octanol–water partition coefficient (Wildman–Crippen LogP) is 10.4. The Morgan fingerprint density at radius 2 is 1.29 bits per heavy atom. The molecule has 0 saturated heterocycles. The van der Waals surface area contributed by atoms with E-state index < -0.39 is 11.7 Å². The second-order valence-corrected chi connectivity index (χ2v) is 16.8. The molecular weight excluding hydrogens is 620 g/mol. The van der Waals surface area contributed by atoms with Crippen molar-refractivity contribution in [3.63, 3.8) is 0 Å². The number of methoxy groups -OCH3 is 1. The van der Waals surface area contributed by atoms with Crippen molar-refractivity contribution in [1.82, 2.24) is 0 Å². The van der Waals surface area contributed by atoms with Crippen molar-refractivity contribution in [2.45, 2.75) is 197 Å². The normalized spacial score (nSPS) is 23.4. The van der Waals surface area contributed by atoms with Crippen LogP contribution in [0.15, 0.2) is 0 Å². The quantitative estimate of drug-likeness (QED) is 0.0641. The summed E-state index contributed by atoms with van der Waals surface area (Å²) in [5.74, 6) is 1.24. The maximum Gasteiger partial charge on any atom is 0.313 e. The Hall–Kier alpha value is -1.67. The van der Waals surface area contributed by atoms with Gasteiger partial charge in [0.15, 0.2) is 6.29 Å². The van der Waals surface area contributed by atoms with E-state index in [-0.39, 0.29) is 39.9 Å². The molecule has 0 aromatic carbocycles. The molecule has 8 heteroatoms. The molecule has 49 heavy (non-hydrogen) atoms. The van der Waals surface area contributed by atoms with E-state index in [4.69, 9.17) is 23.7 Å². The highest BCUT2D eigenvalue weighted by molar-refractivity contribution is 5.77. The number of fused-ring (bicyclic) bond motifs is 2.